The molecule has 2 nitrogen and oxygen atoms in total. The van der Waals surface area contributed by atoms with Crippen LogP contribution in [0.4, 0.5) is 4.39 Å². The van der Waals surface area contributed by atoms with Gasteiger partial charge in [0.1, 0.15) is 6.10 Å². The third-order valence-electron chi connectivity index (χ3n) is 1.46. The first kappa shape index (κ1) is 5.80. The average molecular weight is 139 g/mol. The maximum atomic E-state index is 12.2. The number of aromatic nitrogens is 1. The zero-order valence-electron chi connectivity index (χ0n) is 5.25. The van der Waals surface area contributed by atoms with E-state index in [1.807, 2.05) is 0 Å². The summed E-state index contributed by atoms with van der Waals surface area (Å²) in [5.41, 5.74) is 0.960. The lowest BCUT2D eigenvalue weighted by atomic mass is 10.2. The molecule has 2 rings (SSSR count). The molecule has 52 valence electrons. The van der Waals surface area contributed by atoms with Crippen LogP contribution in [-0.4, -0.2) is 11.6 Å². The summed E-state index contributed by atoms with van der Waals surface area (Å²) in [6.07, 6.45) is 1.68. The number of pyridine rings is 1. The quantitative estimate of drug-likeness (QED) is 0.432. The number of nitrogens with zero attached hydrogens (tertiary/aromatic N) is 1. The summed E-state index contributed by atoms with van der Waals surface area (Å²) in [6.45, 7) is 0.743. The summed E-state index contributed by atoms with van der Waals surface area (Å²) in [6, 6.07) is 3.04. The fraction of sp³-hybridized carbons (Fsp3) is 0.286. The van der Waals surface area contributed by atoms with Crippen molar-refractivity contribution in [2.75, 3.05) is 6.61 Å². The smallest absolute Gasteiger partial charge is 0.212 e. The van der Waals surface area contributed by atoms with Crippen molar-refractivity contribution in [2.45, 2.75) is 6.10 Å². The van der Waals surface area contributed by atoms with Crippen molar-refractivity contribution in [3.8, 4) is 0 Å². The molecule has 1 fully saturated rings. The highest BCUT2D eigenvalue weighted by Crippen LogP contribution is 2.28. The van der Waals surface area contributed by atoms with Crippen LogP contribution in [0.2, 0.25) is 0 Å². The second-order valence-electron chi connectivity index (χ2n) is 2.24. The zero-order valence-corrected chi connectivity index (χ0v) is 5.25. The molecule has 1 aliphatic rings. The van der Waals surface area contributed by atoms with Gasteiger partial charge in [-0.2, -0.15) is 4.39 Å². The van der Waals surface area contributed by atoms with E-state index in [1.54, 1.807) is 6.07 Å². The second kappa shape index (κ2) is 2.02. The summed E-state index contributed by atoms with van der Waals surface area (Å²) in [5.74, 6) is -0.440. The van der Waals surface area contributed by atoms with Gasteiger partial charge in [0.15, 0.2) is 0 Å². The molecule has 1 aromatic heterocycles. The van der Waals surface area contributed by atoms with Gasteiger partial charge < -0.3 is 4.74 Å². The summed E-state index contributed by atoms with van der Waals surface area (Å²) < 4.78 is 17.2. The maximum Gasteiger partial charge on any atom is 0.212 e. The van der Waals surface area contributed by atoms with E-state index in [2.05, 4.69) is 4.98 Å². The van der Waals surface area contributed by atoms with Crippen molar-refractivity contribution in [3.05, 3.63) is 29.8 Å². The predicted molar refractivity (Wildman–Crippen MR) is 32.9 cm³/mol. The third-order valence-corrected chi connectivity index (χ3v) is 1.46. The Kier molecular flexibility index (Phi) is 1.17. The van der Waals surface area contributed by atoms with E-state index in [9.17, 15) is 4.39 Å². The molecule has 0 aliphatic carbocycles. The van der Waals surface area contributed by atoms with Gasteiger partial charge in [-0.15, -0.1) is 0 Å². The fourth-order valence-electron chi connectivity index (χ4n) is 0.818. The SMILES string of the molecule is Fc1ccc([C@@H]2CO2)cn1. The van der Waals surface area contributed by atoms with Gasteiger partial charge in [-0.1, -0.05) is 6.07 Å². The molecule has 1 saturated heterocycles. The number of halogens is 1. The minimum Gasteiger partial charge on any atom is -0.368 e. The van der Waals surface area contributed by atoms with Gasteiger partial charge in [0.05, 0.1) is 6.61 Å². The number of epoxide rings is 1. The third kappa shape index (κ3) is 0.998. The molecule has 1 atom stereocenters. The van der Waals surface area contributed by atoms with Gasteiger partial charge in [0, 0.05) is 11.8 Å². The van der Waals surface area contributed by atoms with Crippen LogP contribution in [0.25, 0.3) is 0 Å². The van der Waals surface area contributed by atoms with Gasteiger partial charge >= 0.3 is 0 Å². The Morgan fingerprint density at radius 1 is 1.60 bits per heavy atom. The maximum absolute atomic E-state index is 12.2. The van der Waals surface area contributed by atoms with Gasteiger partial charge in [-0.25, -0.2) is 4.98 Å². The molecule has 1 aromatic rings. The number of hydrogen-bond acceptors (Lipinski definition) is 2. The van der Waals surface area contributed by atoms with E-state index >= 15 is 0 Å². The first-order chi connectivity index (χ1) is 4.86. The van der Waals surface area contributed by atoms with Crippen molar-refractivity contribution in [2.24, 2.45) is 0 Å². The number of hydrogen-bond donors (Lipinski definition) is 0. The minimum atomic E-state index is -0.440. The van der Waals surface area contributed by atoms with Gasteiger partial charge in [-0.05, 0) is 6.07 Å². The summed E-state index contributed by atoms with van der Waals surface area (Å²) >= 11 is 0. The molecule has 1 aliphatic heterocycles. The van der Waals surface area contributed by atoms with E-state index < -0.39 is 5.95 Å². The lowest BCUT2D eigenvalue weighted by Gasteiger charge is -1.91. The first-order valence-corrected chi connectivity index (χ1v) is 3.09. The molecule has 0 spiro atoms. The predicted octanol–water partition coefficient (Wildman–Crippen LogP) is 1.29. The van der Waals surface area contributed by atoms with E-state index in [4.69, 9.17) is 4.74 Å². The first-order valence-electron chi connectivity index (χ1n) is 3.09. The molecule has 0 aromatic carbocycles. The van der Waals surface area contributed by atoms with Crippen molar-refractivity contribution in [1.29, 1.82) is 0 Å². The van der Waals surface area contributed by atoms with Crippen LogP contribution in [-0.2, 0) is 4.74 Å². The van der Waals surface area contributed by atoms with Crippen LogP contribution in [0.5, 0.6) is 0 Å². The standard InChI is InChI=1S/C7H6FNO/c8-7-2-1-5(3-9-7)6-4-10-6/h1-3,6H,4H2/t6-/m0/s1. The molecule has 0 saturated carbocycles. The molecule has 0 amide bonds. The minimum absolute atomic E-state index is 0.174. The van der Waals surface area contributed by atoms with Crippen molar-refractivity contribution >= 4 is 0 Å². The van der Waals surface area contributed by atoms with Crippen LogP contribution in [0.15, 0.2) is 18.3 Å². The van der Waals surface area contributed by atoms with Crippen LogP contribution >= 0.6 is 0 Å². The topological polar surface area (TPSA) is 25.4 Å². The fourth-order valence-corrected chi connectivity index (χ4v) is 0.818. The van der Waals surface area contributed by atoms with Crippen LogP contribution < -0.4 is 0 Å². The highest BCUT2D eigenvalue weighted by molar-refractivity contribution is 5.15. The molecular weight excluding hydrogens is 133 g/mol. The summed E-state index contributed by atoms with van der Waals surface area (Å²) in [7, 11) is 0. The Labute approximate surface area is 57.7 Å². The Morgan fingerprint density at radius 3 is 2.90 bits per heavy atom. The van der Waals surface area contributed by atoms with Crippen molar-refractivity contribution in [1.82, 2.24) is 4.98 Å². The highest BCUT2D eigenvalue weighted by Gasteiger charge is 2.24. The zero-order chi connectivity index (χ0) is 6.97. The van der Waals surface area contributed by atoms with E-state index in [0.29, 0.717) is 0 Å². The molecule has 2 heterocycles. The molecule has 0 bridgehead atoms. The average Bonchev–Trinajstić information content (AvgIpc) is 2.71. The van der Waals surface area contributed by atoms with Crippen LogP contribution in [0.1, 0.15) is 11.7 Å². The van der Waals surface area contributed by atoms with Gasteiger partial charge in [0.2, 0.25) is 5.95 Å². The molecule has 0 unspecified atom stereocenters. The second-order valence-corrected chi connectivity index (χ2v) is 2.24. The Bertz CT molecular complexity index is 230. The Balaban J connectivity index is 2.28. The largest absolute Gasteiger partial charge is 0.368 e. The van der Waals surface area contributed by atoms with Crippen molar-refractivity contribution in [3.63, 3.8) is 0 Å². The number of ether oxygens (including phenoxy) is 1. The van der Waals surface area contributed by atoms with Gasteiger partial charge in [-0.3, -0.25) is 0 Å². The van der Waals surface area contributed by atoms with Crippen LogP contribution in [0, 0.1) is 5.95 Å². The molecule has 0 radical (unpaired) electrons. The Morgan fingerprint density at radius 2 is 2.40 bits per heavy atom. The van der Waals surface area contributed by atoms with E-state index in [1.165, 1.54) is 12.3 Å². The van der Waals surface area contributed by atoms with E-state index in [-0.39, 0.29) is 6.10 Å². The van der Waals surface area contributed by atoms with Gasteiger partial charge in [0.25, 0.3) is 0 Å². The monoisotopic (exact) mass is 139 g/mol. The molecule has 3 heteroatoms. The highest BCUT2D eigenvalue weighted by atomic mass is 19.1. The normalized spacial score (nSPS) is 22.7. The lowest BCUT2D eigenvalue weighted by Crippen LogP contribution is -1.85. The van der Waals surface area contributed by atoms with Crippen LogP contribution in [0.3, 0.4) is 0 Å². The van der Waals surface area contributed by atoms with Crippen molar-refractivity contribution < 1.29 is 9.13 Å². The number of rotatable bonds is 1. The van der Waals surface area contributed by atoms with E-state index in [0.717, 1.165) is 12.2 Å². The summed E-state index contributed by atoms with van der Waals surface area (Å²) in [5, 5.41) is 0. The Hall–Kier alpha value is -0.960. The summed E-state index contributed by atoms with van der Waals surface area (Å²) in [4.78, 5) is 3.49. The lowest BCUT2D eigenvalue weighted by molar-refractivity contribution is 0.414. The molecule has 0 N–H and O–H groups in total. The molecule has 10 heavy (non-hydrogen) atoms. The molecular formula is C7H6FNO.